The minimum atomic E-state index is -5.03. The van der Waals surface area contributed by atoms with Crippen molar-refractivity contribution < 1.29 is 31.1 Å². The average Bonchev–Trinajstić information content (AvgIpc) is 3.35. The summed E-state index contributed by atoms with van der Waals surface area (Å²) in [6, 6.07) is 12.3. The lowest BCUT2D eigenvalue weighted by Crippen LogP contribution is -2.13. The highest BCUT2D eigenvalue weighted by molar-refractivity contribution is 6.35. The monoisotopic (exact) mass is 602 g/mol. The molecule has 0 saturated heterocycles. The third kappa shape index (κ3) is 5.86. The lowest BCUT2D eigenvalue weighted by atomic mass is 9.98. The highest BCUT2D eigenvalue weighted by Gasteiger charge is 2.37. The molecule has 42 heavy (non-hydrogen) atoms. The van der Waals surface area contributed by atoms with Crippen molar-refractivity contribution in [2.75, 3.05) is 0 Å². The van der Waals surface area contributed by atoms with Gasteiger partial charge in [-0.05, 0) is 61.0 Å². The molecule has 0 amide bonds. The van der Waals surface area contributed by atoms with Crippen molar-refractivity contribution in [2.45, 2.75) is 25.8 Å². The summed E-state index contributed by atoms with van der Waals surface area (Å²) in [5.41, 5.74) is -2.14. The van der Waals surface area contributed by atoms with Crippen molar-refractivity contribution >= 4 is 17.4 Å². The summed E-state index contributed by atoms with van der Waals surface area (Å²) in [4.78, 5) is 17.6. The van der Waals surface area contributed by atoms with Crippen LogP contribution in [-0.4, -0.2) is 36.0 Å². The number of aryl methyl sites for hydroxylation is 1. The molecule has 5 rings (SSSR count). The van der Waals surface area contributed by atoms with Crippen LogP contribution in [0.3, 0.4) is 0 Å². The summed E-state index contributed by atoms with van der Waals surface area (Å²) >= 11 is 6.26. The molecule has 0 spiro atoms. The van der Waals surface area contributed by atoms with Gasteiger partial charge in [0.25, 0.3) is 0 Å². The number of rotatable bonds is 6. The van der Waals surface area contributed by atoms with E-state index >= 15 is 0 Å². The van der Waals surface area contributed by atoms with Gasteiger partial charge in [0.05, 0.1) is 34.0 Å². The molecule has 0 radical (unpaired) electrons. The van der Waals surface area contributed by atoms with E-state index in [0.717, 1.165) is 4.68 Å². The quantitative estimate of drug-likeness (QED) is 0.153. The van der Waals surface area contributed by atoms with E-state index < -0.39 is 35.8 Å². The molecule has 0 aliphatic heterocycles. The van der Waals surface area contributed by atoms with Crippen molar-refractivity contribution in [1.29, 1.82) is 0 Å². The number of nitrogens with zero attached hydrogens (tertiary/aromatic N) is 6. The summed E-state index contributed by atoms with van der Waals surface area (Å²) in [7, 11) is 0. The van der Waals surface area contributed by atoms with Gasteiger partial charge in [0.15, 0.2) is 5.78 Å². The van der Waals surface area contributed by atoms with Gasteiger partial charge in [-0.15, -0.1) is 10.2 Å². The highest BCUT2D eigenvalue weighted by Crippen LogP contribution is 2.37. The molecule has 3 aromatic heterocycles. The Kier molecular flexibility index (Phi) is 7.54. The van der Waals surface area contributed by atoms with Crippen LogP contribution in [0.4, 0.5) is 26.3 Å². The molecular formula is C28H17ClF6N6O. The zero-order valence-electron chi connectivity index (χ0n) is 21.4. The average molecular weight is 603 g/mol. The molecule has 3 heterocycles. The number of ketones is 1. The Morgan fingerprint density at radius 2 is 1.52 bits per heavy atom. The Morgan fingerprint density at radius 3 is 2.14 bits per heavy atom. The third-order valence-corrected chi connectivity index (χ3v) is 6.48. The maximum Gasteiger partial charge on any atom is 0.416 e. The maximum absolute atomic E-state index is 13.6. The van der Waals surface area contributed by atoms with Gasteiger partial charge in [0, 0.05) is 23.5 Å². The summed E-state index contributed by atoms with van der Waals surface area (Å²) in [6.07, 6.45) is -7.18. The van der Waals surface area contributed by atoms with Gasteiger partial charge < -0.3 is 0 Å². The Balaban J connectivity index is 1.69. The van der Waals surface area contributed by atoms with Gasteiger partial charge in [-0.3, -0.25) is 9.78 Å². The Labute approximate surface area is 238 Å². The van der Waals surface area contributed by atoms with Crippen LogP contribution in [0, 0.1) is 6.92 Å². The number of halogens is 7. The Hall–Kier alpha value is -4.65. The predicted octanol–water partition coefficient (Wildman–Crippen LogP) is 7.08. The standard InChI is InChI=1S/C28H17ClF6N6O/c1-15-9-21(26(42)20-6-2-3-7-22(20)29)23(38-37-15)24-25(17-5-4-8-36-13-17)41(40-39-24)14-16-10-18(27(30,31)32)12-19(11-16)28(33,34)35/h2-13H,14H2,1H3. The molecule has 0 fully saturated rings. The number of alkyl halides is 6. The maximum atomic E-state index is 13.6. The first-order chi connectivity index (χ1) is 19.8. The molecule has 5 aromatic rings. The number of carbonyl (C=O) groups is 1. The van der Waals surface area contributed by atoms with Crippen LogP contribution in [-0.2, 0) is 18.9 Å². The van der Waals surface area contributed by atoms with E-state index in [1.165, 1.54) is 30.6 Å². The smallest absolute Gasteiger partial charge is 0.288 e. The van der Waals surface area contributed by atoms with Crippen LogP contribution >= 0.6 is 11.6 Å². The number of aromatic nitrogens is 6. The van der Waals surface area contributed by atoms with E-state index in [4.69, 9.17) is 11.6 Å². The van der Waals surface area contributed by atoms with Gasteiger partial charge in [-0.1, -0.05) is 28.9 Å². The van der Waals surface area contributed by atoms with Gasteiger partial charge in [0.2, 0.25) is 0 Å². The Bertz CT molecular complexity index is 1750. The number of carbonyl (C=O) groups excluding carboxylic acids is 1. The van der Waals surface area contributed by atoms with Crippen molar-refractivity contribution in [3.8, 4) is 22.6 Å². The van der Waals surface area contributed by atoms with E-state index in [1.807, 2.05) is 0 Å². The van der Waals surface area contributed by atoms with Gasteiger partial charge in [0.1, 0.15) is 17.1 Å². The van der Waals surface area contributed by atoms with E-state index in [0.29, 0.717) is 23.4 Å². The SMILES string of the molecule is Cc1cc(C(=O)c2ccccc2Cl)c(-c2nnn(Cc3cc(C(F)(F)F)cc(C(F)(F)F)c3)c2-c2cccnc2)nn1. The van der Waals surface area contributed by atoms with E-state index in [-0.39, 0.29) is 44.9 Å². The first-order valence-electron chi connectivity index (χ1n) is 12.1. The highest BCUT2D eigenvalue weighted by atomic mass is 35.5. The molecule has 0 saturated carbocycles. The van der Waals surface area contributed by atoms with Crippen LogP contribution in [0.25, 0.3) is 22.6 Å². The normalized spacial score (nSPS) is 12.0. The Morgan fingerprint density at radius 1 is 0.833 bits per heavy atom. The second-order valence-corrected chi connectivity index (χ2v) is 9.56. The molecule has 0 N–H and O–H groups in total. The summed E-state index contributed by atoms with van der Waals surface area (Å²) < 4.78 is 82.1. The first-order valence-corrected chi connectivity index (χ1v) is 12.5. The molecule has 7 nitrogen and oxygen atoms in total. The molecular weight excluding hydrogens is 586 g/mol. The van der Waals surface area contributed by atoms with Crippen molar-refractivity contribution in [1.82, 2.24) is 30.2 Å². The molecule has 14 heteroatoms. The van der Waals surface area contributed by atoms with E-state index in [2.05, 4.69) is 25.5 Å². The van der Waals surface area contributed by atoms with E-state index in [9.17, 15) is 31.1 Å². The molecule has 214 valence electrons. The van der Waals surface area contributed by atoms with Crippen LogP contribution in [0.1, 0.15) is 38.3 Å². The molecule has 2 aromatic carbocycles. The zero-order valence-corrected chi connectivity index (χ0v) is 22.1. The zero-order chi connectivity index (χ0) is 30.2. The molecule has 0 aliphatic rings. The first kappa shape index (κ1) is 28.9. The van der Waals surface area contributed by atoms with Crippen molar-refractivity contribution in [3.63, 3.8) is 0 Å². The summed E-state index contributed by atoms with van der Waals surface area (Å²) in [5, 5.41) is 16.6. The molecule has 0 unspecified atom stereocenters. The topological polar surface area (TPSA) is 86.5 Å². The van der Waals surface area contributed by atoms with Crippen molar-refractivity contribution in [3.05, 3.63) is 112 Å². The van der Waals surface area contributed by atoms with Crippen LogP contribution in [0.2, 0.25) is 5.02 Å². The van der Waals surface area contributed by atoms with Crippen LogP contribution < -0.4 is 0 Å². The van der Waals surface area contributed by atoms with E-state index in [1.54, 1.807) is 31.2 Å². The van der Waals surface area contributed by atoms with Gasteiger partial charge >= 0.3 is 12.4 Å². The summed E-state index contributed by atoms with van der Waals surface area (Å²) in [5.74, 6) is -0.506. The minimum Gasteiger partial charge on any atom is -0.288 e. The lowest BCUT2D eigenvalue weighted by Gasteiger charge is -2.15. The lowest BCUT2D eigenvalue weighted by molar-refractivity contribution is -0.143. The second-order valence-electron chi connectivity index (χ2n) is 9.16. The fourth-order valence-corrected chi connectivity index (χ4v) is 4.50. The molecule has 0 aliphatic carbocycles. The van der Waals surface area contributed by atoms with Gasteiger partial charge in [-0.2, -0.15) is 31.4 Å². The third-order valence-electron chi connectivity index (χ3n) is 6.15. The van der Waals surface area contributed by atoms with Crippen LogP contribution in [0.15, 0.2) is 73.1 Å². The van der Waals surface area contributed by atoms with Crippen LogP contribution in [0.5, 0.6) is 0 Å². The fourth-order valence-electron chi connectivity index (χ4n) is 4.28. The predicted molar refractivity (Wildman–Crippen MR) is 139 cm³/mol. The second kappa shape index (κ2) is 11.0. The molecule has 0 atom stereocenters. The van der Waals surface area contributed by atoms with Crippen molar-refractivity contribution in [2.24, 2.45) is 0 Å². The largest absolute Gasteiger partial charge is 0.416 e. The minimum absolute atomic E-state index is 0.00826. The van der Waals surface area contributed by atoms with Gasteiger partial charge in [-0.25, -0.2) is 4.68 Å². The number of hydrogen-bond acceptors (Lipinski definition) is 6. The summed E-state index contributed by atoms with van der Waals surface area (Å²) in [6.45, 7) is 1.09. The number of pyridine rings is 1. The molecule has 0 bridgehead atoms. The number of hydrogen-bond donors (Lipinski definition) is 0. The fraction of sp³-hybridized carbons (Fsp3) is 0.143. The number of benzene rings is 2.